The lowest BCUT2D eigenvalue weighted by Crippen LogP contribution is -2.03. The molecule has 0 spiro atoms. The third kappa shape index (κ3) is 2.96. The van der Waals surface area contributed by atoms with Crippen LogP contribution in [0.1, 0.15) is 5.01 Å². The Bertz CT molecular complexity index is 1210. The van der Waals surface area contributed by atoms with Crippen LogP contribution in [0.5, 0.6) is 0 Å². The smallest absolute Gasteiger partial charge is 0.179 e. The lowest BCUT2D eigenvalue weighted by Gasteiger charge is -2.01. The molecule has 0 radical (unpaired) electrons. The summed E-state index contributed by atoms with van der Waals surface area (Å²) in [7, 11) is 0. The van der Waals surface area contributed by atoms with Gasteiger partial charge in [0, 0.05) is 30.7 Å². The molecule has 8 nitrogen and oxygen atoms in total. The van der Waals surface area contributed by atoms with E-state index in [1.807, 2.05) is 41.2 Å². The molecule has 5 aromatic heterocycles. The van der Waals surface area contributed by atoms with Gasteiger partial charge in [-0.2, -0.15) is 0 Å². The first-order valence-electron chi connectivity index (χ1n) is 8.47. The van der Waals surface area contributed by atoms with Gasteiger partial charge >= 0.3 is 0 Å². The molecule has 0 aliphatic heterocycles. The fraction of sp³-hybridized carbons (Fsp3) is 0.167. The Kier molecular flexibility index (Phi) is 3.88. The first kappa shape index (κ1) is 16.0. The lowest BCUT2D eigenvalue weighted by atomic mass is 10.2. The maximum absolute atomic E-state index is 9.08. The van der Waals surface area contributed by atoms with Gasteiger partial charge in [-0.05, 0) is 24.3 Å². The minimum Gasteiger partial charge on any atom is -0.395 e. The van der Waals surface area contributed by atoms with Crippen LogP contribution < -0.4 is 0 Å². The molecule has 134 valence electrons. The Morgan fingerprint density at radius 2 is 2.04 bits per heavy atom. The van der Waals surface area contributed by atoms with E-state index in [2.05, 4.69) is 20.3 Å². The van der Waals surface area contributed by atoms with Gasteiger partial charge in [0.1, 0.15) is 10.5 Å². The monoisotopic (exact) mass is 377 g/mol. The van der Waals surface area contributed by atoms with Crippen molar-refractivity contribution in [3.8, 4) is 11.3 Å². The van der Waals surface area contributed by atoms with Gasteiger partial charge in [0.15, 0.2) is 5.65 Å². The SMILES string of the molecule is OCCn1ccc(-c2ccc3nnn(Cc4nc5cnccc5s4)c3n2)c1. The molecule has 0 aliphatic carbocycles. The fourth-order valence-corrected chi connectivity index (χ4v) is 3.91. The number of aromatic nitrogens is 7. The van der Waals surface area contributed by atoms with Gasteiger partial charge in [-0.25, -0.2) is 14.6 Å². The molecule has 27 heavy (non-hydrogen) atoms. The van der Waals surface area contributed by atoms with Gasteiger partial charge in [0.05, 0.1) is 35.3 Å². The summed E-state index contributed by atoms with van der Waals surface area (Å²) in [4.78, 5) is 13.5. The second-order valence-corrected chi connectivity index (χ2v) is 7.21. The van der Waals surface area contributed by atoms with Crippen molar-refractivity contribution >= 4 is 32.7 Å². The molecule has 9 heteroatoms. The van der Waals surface area contributed by atoms with E-state index in [1.165, 1.54) is 0 Å². The molecule has 1 N–H and O–H groups in total. The van der Waals surface area contributed by atoms with Crippen LogP contribution in [-0.4, -0.2) is 46.2 Å². The van der Waals surface area contributed by atoms with Crippen molar-refractivity contribution in [2.24, 2.45) is 0 Å². The second kappa shape index (κ2) is 6.53. The van der Waals surface area contributed by atoms with Crippen molar-refractivity contribution in [1.29, 1.82) is 0 Å². The Morgan fingerprint density at radius 1 is 1.07 bits per heavy atom. The predicted molar refractivity (Wildman–Crippen MR) is 102 cm³/mol. The Labute approximate surface area is 157 Å². The molecule has 0 saturated carbocycles. The average molecular weight is 377 g/mol. The highest BCUT2D eigenvalue weighted by atomic mass is 32.1. The third-order valence-corrected chi connectivity index (χ3v) is 5.30. The fourth-order valence-electron chi connectivity index (χ4n) is 2.99. The summed E-state index contributed by atoms with van der Waals surface area (Å²) in [6.45, 7) is 1.18. The van der Waals surface area contributed by atoms with Gasteiger partial charge in [0.25, 0.3) is 0 Å². The van der Waals surface area contributed by atoms with E-state index in [1.54, 1.807) is 28.4 Å². The van der Waals surface area contributed by atoms with Gasteiger partial charge in [-0.1, -0.05) is 5.21 Å². The van der Waals surface area contributed by atoms with E-state index in [0.29, 0.717) is 13.1 Å². The Balaban J connectivity index is 1.50. The summed E-state index contributed by atoms with van der Waals surface area (Å²) in [6.07, 6.45) is 7.44. The molecule has 0 bridgehead atoms. The average Bonchev–Trinajstić information content (AvgIpc) is 3.40. The predicted octanol–water partition coefficient (Wildman–Crippen LogP) is 2.34. The van der Waals surface area contributed by atoms with Gasteiger partial charge in [-0.3, -0.25) is 4.98 Å². The van der Waals surface area contributed by atoms with E-state index in [-0.39, 0.29) is 6.61 Å². The van der Waals surface area contributed by atoms with Gasteiger partial charge < -0.3 is 9.67 Å². The number of hydrogen-bond donors (Lipinski definition) is 1. The first-order chi connectivity index (χ1) is 13.3. The van der Waals surface area contributed by atoms with Crippen LogP contribution >= 0.6 is 11.3 Å². The number of thiazole rings is 1. The zero-order valence-electron chi connectivity index (χ0n) is 14.2. The number of nitrogens with zero attached hydrogens (tertiary/aromatic N) is 7. The number of rotatable bonds is 5. The number of hydrogen-bond acceptors (Lipinski definition) is 7. The van der Waals surface area contributed by atoms with E-state index < -0.39 is 0 Å². The van der Waals surface area contributed by atoms with Crippen LogP contribution in [0, 0.1) is 0 Å². The Morgan fingerprint density at radius 3 is 2.93 bits per heavy atom. The topological polar surface area (TPSA) is 94.5 Å². The summed E-state index contributed by atoms with van der Waals surface area (Å²) in [5.74, 6) is 0. The zero-order chi connectivity index (χ0) is 18.2. The molecule has 0 unspecified atom stereocenters. The maximum atomic E-state index is 9.08. The van der Waals surface area contributed by atoms with Crippen molar-refractivity contribution in [3.05, 3.63) is 54.1 Å². The largest absolute Gasteiger partial charge is 0.395 e. The number of aliphatic hydroxyl groups excluding tert-OH is 1. The van der Waals surface area contributed by atoms with Crippen molar-refractivity contribution in [3.63, 3.8) is 0 Å². The quantitative estimate of drug-likeness (QED) is 0.505. The molecule has 5 rings (SSSR count). The summed E-state index contributed by atoms with van der Waals surface area (Å²) >= 11 is 1.62. The second-order valence-electron chi connectivity index (χ2n) is 6.10. The summed E-state index contributed by atoms with van der Waals surface area (Å²) in [5.41, 5.74) is 4.19. The number of pyridine rings is 2. The highest BCUT2D eigenvalue weighted by Gasteiger charge is 2.12. The molecular formula is C18H15N7OS. The van der Waals surface area contributed by atoms with E-state index in [0.717, 1.165) is 37.6 Å². The van der Waals surface area contributed by atoms with Gasteiger partial charge in [0.2, 0.25) is 0 Å². The molecule has 5 aromatic rings. The molecule has 0 aromatic carbocycles. The van der Waals surface area contributed by atoms with Gasteiger partial charge in [-0.15, -0.1) is 16.4 Å². The van der Waals surface area contributed by atoms with Crippen LogP contribution in [0.25, 0.3) is 32.6 Å². The minimum absolute atomic E-state index is 0.106. The minimum atomic E-state index is 0.106. The molecule has 0 aliphatic rings. The normalized spacial score (nSPS) is 11.6. The number of fused-ring (bicyclic) bond motifs is 2. The molecule has 0 saturated heterocycles. The van der Waals surface area contributed by atoms with Crippen molar-refractivity contribution < 1.29 is 5.11 Å². The first-order valence-corrected chi connectivity index (χ1v) is 9.28. The third-order valence-electron chi connectivity index (χ3n) is 4.28. The van der Waals surface area contributed by atoms with Crippen LogP contribution in [-0.2, 0) is 13.1 Å². The van der Waals surface area contributed by atoms with Crippen molar-refractivity contribution in [2.45, 2.75) is 13.1 Å². The zero-order valence-corrected chi connectivity index (χ0v) is 15.0. The number of aliphatic hydroxyl groups is 1. The highest BCUT2D eigenvalue weighted by Crippen LogP contribution is 2.24. The summed E-state index contributed by atoms with van der Waals surface area (Å²) < 4.78 is 4.81. The van der Waals surface area contributed by atoms with E-state index in [4.69, 9.17) is 10.1 Å². The van der Waals surface area contributed by atoms with E-state index >= 15 is 0 Å². The Hall–Kier alpha value is -3.17. The van der Waals surface area contributed by atoms with Crippen molar-refractivity contribution in [1.82, 2.24) is 34.5 Å². The standard InChI is InChI=1S/C18H15N7OS/c26-8-7-24-6-4-12(10-24)13-1-2-14-18(21-13)25(23-22-14)11-17-20-15-9-19-5-3-16(15)27-17/h1-6,9-10,26H,7-8,11H2. The molecular weight excluding hydrogens is 362 g/mol. The van der Waals surface area contributed by atoms with Crippen molar-refractivity contribution in [2.75, 3.05) is 6.61 Å². The molecule has 0 atom stereocenters. The maximum Gasteiger partial charge on any atom is 0.179 e. The summed E-state index contributed by atoms with van der Waals surface area (Å²) in [5, 5.41) is 18.5. The highest BCUT2D eigenvalue weighted by molar-refractivity contribution is 7.18. The van der Waals surface area contributed by atoms with Crippen LogP contribution in [0.3, 0.4) is 0 Å². The summed E-state index contributed by atoms with van der Waals surface area (Å²) in [6, 6.07) is 7.80. The molecule has 5 heterocycles. The van der Waals surface area contributed by atoms with Crippen LogP contribution in [0.2, 0.25) is 0 Å². The molecule has 0 amide bonds. The van der Waals surface area contributed by atoms with Crippen LogP contribution in [0.15, 0.2) is 49.1 Å². The lowest BCUT2D eigenvalue weighted by molar-refractivity contribution is 0.276. The molecule has 0 fully saturated rings. The van der Waals surface area contributed by atoms with E-state index in [9.17, 15) is 0 Å². The van der Waals surface area contributed by atoms with Crippen LogP contribution in [0.4, 0.5) is 0 Å².